The summed E-state index contributed by atoms with van der Waals surface area (Å²) >= 11 is 0. The molecule has 13 heavy (non-hydrogen) atoms. The van der Waals surface area contributed by atoms with E-state index in [2.05, 4.69) is 13.8 Å². The molecule has 0 amide bonds. The average Bonchev–Trinajstić information content (AvgIpc) is 1.83. The van der Waals surface area contributed by atoms with Crippen LogP contribution in [0.25, 0.3) is 0 Å². The summed E-state index contributed by atoms with van der Waals surface area (Å²) in [6.07, 6.45) is 0.0880. The fraction of sp³-hybridized carbons (Fsp3) is 1.00. The van der Waals surface area contributed by atoms with E-state index in [-0.39, 0.29) is 6.10 Å². The first-order chi connectivity index (χ1) is 5.58. The molecule has 1 nitrogen and oxygen atoms in total. The van der Waals surface area contributed by atoms with Crippen LogP contribution in [-0.2, 0) is 4.74 Å². The van der Waals surface area contributed by atoms with Crippen molar-refractivity contribution in [3.8, 4) is 0 Å². The zero-order valence-electron chi connectivity index (χ0n) is 9.94. The fourth-order valence-electron chi connectivity index (χ4n) is 0.741. The van der Waals surface area contributed by atoms with Crippen LogP contribution in [0.5, 0.6) is 0 Å². The quantitative estimate of drug-likeness (QED) is 0.658. The van der Waals surface area contributed by atoms with Gasteiger partial charge in [0.1, 0.15) is 5.67 Å². The van der Waals surface area contributed by atoms with Gasteiger partial charge in [-0.1, -0.05) is 13.8 Å². The second-order valence-electron chi connectivity index (χ2n) is 5.05. The maximum Gasteiger partial charge on any atom is 0.133 e. The highest BCUT2D eigenvalue weighted by Gasteiger charge is 2.39. The van der Waals surface area contributed by atoms with Crippen molar-refractivity contribution < 1.29 is 9.13 Å². The molecule has 0 fully saturated rings. The van der Waals surface area contributed by atoms with Crippen molar-refractivity contribution in [3.05, 3.63) is 0 Å². The van der Waals surface area contributed by atoms with Gasteiger partial charge in [0.05, 0.1) is 11.7 Å². The lowest BCUT2D eigenvalue weighted by atomic mass is 9.90. The number of halogens is 1. The molecule has 2 heteroatoms. The molecular weight excluding hydrogens is 167 g/mol. The molecule has 0 saturated heterocycles. The Bertz CT molecular complexity index is 156. The lowest BCUT2D eigenvalue weighted by molar-refractivity contribution is -0.150. The fourth-order valence-corrected chi connectivity index (χ4v) is 0.741. The number of rotatable bonds is 4. The molecule has 1 atom stereocenters. The number of alkyl halides is 1. The monoisotopic (exact) mass is 190 g/mol. The van der Waals surface area contributed by atoms with Gasteiger partial charge in [-0.05, 0) is 40.5 Å². The molecule has 1 unspecified atom stereocenters. The molecule has 0 aliphatic carbocycles. The van der Waals surface area contributed by atoms with E-state index in [1.165, 1.54) is 0 Å². The van der Waals surface area contributed by atoms with Crippen LogP contribution in [0, 0.1) is 5.92 Å². The van der Waals surface area contributed by atoms with Gasteiger partial charge in [-0.15, -0.1) is 0 Å². The smallest absolute Gasteiger partial charge is 0.133 e. The molecule has 0 rings (SSSR count). The molecule has 0 aliphatic rings. The third-order valence-electron chi connectivity index (χ3n) is 2.85. The van der Waals surface area contributed by atoms with Crippen molar-refractivity contribution in [3.63, 3.8) is 0 Å². The summed E-state index contributed by atoms with van der Waals surface area (Å²) < 4.78 is 19.4. The summed E-state index contributed by atoms with van der Waals surface area (Å²) in [5.74, 6) is 0.418. The second-order valence-corrected chi connectivity index (χ2v) is 5.05. The molecule has 80 valence electrons. The van der Waals surface area contributed by atoms with E-state index < -0.39 is 11.3 Å². The molecule has 0 aliphatic heterocycles. The van der Waals surface area contributed by atoms with Crippen LogP contribution in [0.1, 0.15) is 48.5 Å². The van der Waals surface area contributed by atoms with Gasteiger partial charge < -0.3 is 4.74 Å². The zero-order valence-corrected chi connectivity index (χ0v) is 9.94. The number of ether oxygens (including phenoxy) is 1. The van der Waals surface area contributed by atoms with Crippen LogP contribution in [0.15, 0.2) is 0 Å². The second kappa shape index (κ2) is 3.95. The van der Waals surface area contributed by atoms with Gasteiger partial charge in [0, 0.05) is 0 Å². The molecule has 0 bridgehead atoms. The van der Waals surface area contributed by atoms with E-state index in [4.69, 9.17) is 4.74 Å². The normalized spacial score (nSPS) is 16.4. The van der Waals surface area contributed by atoms with E-state index in [0.29, 0.717) is 5.92 Å². The third-order valence-corrected chi connectivity index (χ3v) is 2.85. The molecule has 0 heterocycles. The summed E-state index contributed by atoms with van der Waals surface area (Å²) in [6.45, 7) is 12.8. The van der Waals surface area contributed by atoms with Crippen molar-refractivity contribution in [2.24, 2.45) is 5.92 Å². The molecule has 0 spiro atoms. The Balaban J connectivity index is 4.34. The van der Waals surface area contributed by atoms with Gasteiger partial charge in [0.25, 0.3) is 0 Å². The van der Waals surface area contributed by atoms with Crippen molar-refractivity contribution in [1.82, 2.24) is 0 Å². The van der Waals surface area contributed by atoms with Crippen LogP contribution in [0.3, 0.4) is 0 Å². The maximum atomic E-state index is 13.7. The van der Waals surface area contributed by atoms with Crippen LogP contribution in [0.2, 0.25) is 0 Å². The predicted molar refractivity (Wildman–Crippen MR) is 54.7 cm³/mol. The zero-order chi connectivity index (χ0) is 10.9. The highest BCUT2D eigenvalue weighted by atomic mass is 19.1. The Hall–Kier alpha value is -0.110. The van der Waals surface area contributed by atoms with E-state index in [0.717, 1.165) is 0 Å². The summed E-state index contributed by atoms with van der Waals surface area (Å²) in [4.78, 5) is 0. The first kappa shape index (κ1) is 12.9. The molecule has 0 aromatic rings. The minimum atomic E-state index is -1.31. The highest BCUT2D eigenvalue weighted by Crippen LogP contribution is 2.31. The van der Waals surface area contributed by atoms with E-state index in [1.807, 2.05) is 6.92 Å². The Morgan fingerprint density at radius 2 is 1.38 bits per heavy atom. The standard InChI is InChI=1S/C11H23FO/c1-8(2)9(3)13-11(6,7)10(4,5)12/h8-9H,1-7H3. The van der Waals surface area contributed by atoms with Gasteiger partial charge in [0.15, 0.2) is 0 Å². The Morgan fingerprint density at radius 1 is 1.00 bits per heavy atom. The van der Waals surface area contributed by atoms with Gasteiger partial charge in [-0.25, -0.2) is 4.39 Å². The highest BCUT2D eigenvalue weighted by molar-refractivity contribution is 4.88. The Labute approximate surface area is 81.7 Å². The minimum Gasteiger partial charge on any atom is -0.369 e. The van der Waals surface area contributed by atoms with Crippen LogP contribution in [0.4, 0.5) is 4.39 Å². The minimum absolute atomic E-state index is 0.0880. The van der Waals surface area contributed by atoms with Gasteiger partial charge >= 0.3 is 0 Å². The van der Waals surface area contributed by atoms with Crippen molar-refractivity contribution in [2.45, 2.75) is 65.8 Å². The molecule has 0 N–H and O–H groups in total. The molecule has 0 radical (unpaired) electrons. The van der Waals surface area contributed by atoms with Gasteiger partial charge in [-0.3, -0.25) is 0 Å². The van der Waals surface area contributed by atoms with E-state index >= 15 is 0 Å². The van der Waals surface area contributed by atoms with Crippen molar-refractivity contribution in [2.75, 3.05) is 0 Å². The van der Waals surface area contributed by atoms with Crippen LogP contribution >= 0.6 is 0 Å². The lowest BCUT2D eigenvalue weighted by Gasteiger charge is -2.38. The largest absolute Gasteiger partial charge is 0.369 e. The number of hydrogen-bond acceptors (Lipinski definition) is 1. The molecular formula is C11H23FO. The van der Waals surface area contributed by atoms with Gasteiger partial charge in [0.2, 0.25) is 0 Å². The first-order valence-electron chi connectivity index (χ1n) is 4.94. The number of hydrogen-bond donors (Lipinski definition) is 0. The van der Waals surface area contributed by atoms with Crippen molar-refractivity contribution in [1.29, 1.82) is 0 Å². The Kier molecular flexibility index (Phi) is 3.92. The first-order valence-corrected chi connectivity index (χ1v) is 4.94. The maximum absolute atomic E-state index is 13.7. The third kappa shape index (κ3) is 3.63. The van der Waals surface area contributed by atoms with Gasteiger partial charge in [-0.2, -0.15) is 0 Å². The average molecular weight is 190 g/mol. The SMILES string of the molecule is CC(C)C(C)OC(C)(C)C(C)(C)F. The summed E-state index contributed by atoms with van der Waals surface area (Å²) in [7, 11) is 0. The summed E-state index contributed by atoms with van der Waals surface area (Å²) in [6, 6.07) is 0. The van der Waals surface area contributed by atoms with E-state index in [1.54, 1.807) is 27.7 Å². The van der Waals surface area contributed by atoms with Crippen molar-refractivity contribution >= 4 is 0 Å². The summed E-state index contributed by atoms with van der Waals surface area (Å²) in [5, 5.41) is 0. The van der Waals surface area contributed by atoms with Crippen LogP contribution < -0.4 is 0 Å². The molecule has 0 aromatic heterocycles. The predicted octanol–water partition coefficient (Wildman–Crippen LogP) is 3.57. The topological polar surface area (TPSA) is 9.23 Å². The Morgan fingerprint density at radius 3 is 1.62 bits per heavy atom. The lowest BCUT2D eigenvalue weighted by Crippen LogP contribution is -2.46. The molecule has 0 aromatic carbocycles. The van der Waals surface area contributed by atoms with Crippen LogP contribution in [-0.4, -0.2) is 17.4 Å². The molecule has 0 saturated carbocycles. The van der Waals surface area contributed by atoms with E-state index in [9.17, 15) is 4.39 Å². The summed E-state index contributed by atoms with van der Waals surface area (Å²) in [5.41, 5.74) is -2.03.